The van der Waals surface area contributed by atoms with E-state index < -0.39 is 0 Å². The summed E-state index contributed by atoms with van der Waals surface area (Å²) in [6, 6.07) is 16.9. The fourth-order valence-corrected chi connectivity index (χ4v) is 6.36. The number of aromatic nitrogens is 1. The second-order valence-electron chi connectivity index (χ2n) is 10.3. The molecule has 1 amide bonds. The zero-order chi connectivity index (χ0) is 31.7. The van der Waals surface area contributed by atoms with E-state index in [2.05, 4.69) is 81.2 Å². The Kier molecular flexibility index (Phi) is 16.1. The number of carbonyl (C=O) groups excluding carboxylic acids is 2. The highest BCUT2D eigenvalue weighted by Crippen LogP contribution is 2.37. The number of ether oxygens (including phenoxy) is 2. The van der Waals surface area contributed by atoms with Gasteiger partial charge < -0.3 is 14.8 Å². The third-order valence-corrected chi connectivity index (χ3v) is 9.61. The number of pyridine rings is 1. The molecule has 3 aromatic rings. The Bertz CT molecular complexity index is 1350. The molecule has 0 radical (unpaired) electrons. The minimum absolute atomic E-state index is 0.0266. The predicted molar refractivity (Wildman–Crippen MR) is 182 cm³/mol. The van der Waals surface area contributed by atoms with Crippen molar-refractivity contribution in [3.63, 3.8) is 0 Å². The maximum Gasteiger partial charge on any atom is 0.316 e. The lowest BCUT2D eigenvalue weighted by Crippen LogP contribution is -2.28. The maximum atomic E-state index is 12.4. The molecule has 1 unspecified atom stereocenters. The predicted octanol–water partition coefficient (Wildman–Crippen LogP) is 6.80. The molecule has 1 heterocycles. The number of hydrogen-bond acceptors (Lipinski definition) is 9. The number of halogens is 1. The van der Waals surface area contributed by atoms with Crippen LogP contribution in [0.15, 0.2) is 65.8 Å². The van der Waals surface area contributed by atoms with Gasteiger partial charge in [0.15, 0.2) is 0 Å². The second-order valence-corrected chi connectivity index (χ2v) is 12.6. The Morgan fingerprint density at radius 1 is 1.07 bits per heavy atom. The smallest absolute Gasteiger partial charge is 0.316 e. The Balaban J connectivity index is 1.49. The summed E-state index contributed by atoms with van der Waals surface area (Å²) in [6.07, 6.45) is 5.85. The summed E-state index contributed by atoms with van der Waals surface area (Å²) in [5, 5.41) is 3.69. The molecular formula is C33H43ClN4O4S2. The summed E-state index contributed by atoms with van der Waals surface area (Å²) in [5.41, 5.74) is 5.79. The monoisotopic (exact) mass is 658 g/mol. The highest BCUT2D eigenvalue weighted by molar-refractivity contribution is 7.98. The highest BCUT2D eigenvalue weighted by atomic mass is 35.5. The highest BCUT2D eigenvalue weighted by Gasteiger charge is 2.19. The van der Waals surface area contributed by atoms with Crippen molar-refractivity contribution in [3.05, 3.63) is 82.6 Å². The van der Waals surface area contributed by atoms with Gasteiger partial charge in [-0.2, -0.15) is 0 Å². The van der Waals surface area contributed by atoms with Gasteiger partial charge in [0.25, 0.3) is 0 Å². The van der Waals surface area contributed by atoms with Crippen molar-refractivity contribution in [3.8, 4) is 11.1 Å². The Morgan fingerprint density at radius 2 is 1.86 bits per heavy atom. The summed E-state index contributed by atoms with van der Waals surface area (Å²) < 4.78 is 15.5. The summed E-state index contributed by atoms with van der Waals surface area (Å²) in [5.74, 6) is 0.00497. The number of benzene rings is 2. The number of unbranched alkanes of at least 4 members (excludes halogenated alkanes) is 1. The molecule has 11 heteroatoms. The average molecular weight is 659 g/mol. The molecular weight excluding hydrogens is 616 g/mol. The van der Waals surface area contributed by atoms with Crippen LogP contribution in [0.2, 0.25) is 5.02 Å². The number of rotatable bonds is 19. The van der Waals surface area contributed by atoms with Gasteiger partial charge >= 0.3 is 5.97 Å². The first-order chi connectivity index (χ1) is 21.3. The van der Waals surface area contributed by atoms with E-state index in [-0.39, 0.29) is 23.7 Å². The minimum Gasteiger partial charge on any atom is -0.468 e. The summed E-state index contributed by atoms with van der Waals surface area (Å²) in [4.78, 5) is 28.9. The van der Waals surface area contributed by atoms with E-state index in [4.69, 9.17) is 16.3 Å². The number of aryl methyl sites for hydroxylation is 1. The molecule has 0 aliphatic carbocycles. The van der Waals surface area contributed by atoms with Gasteiger partial charge in [-0.25, -0.2) is 4.31 Å². The first kappa shape index (κ1) is 35.9. The van der Waals surface area contributed by atoms with Gasteiger partial charge in [0.05, 0.1) is 20.3 Å². The lowest BCUT2D eigenvalue weighted by atomic mass is 9.98. The topological polar surface area (TPSA) is 92.8 Å². The van der Waals surface area contributed by atoms with Gasteiger partial charge in [-0.1, -0.05) is 47.8 Å². The zero-order valence-electron chi connectivity index (χ0n) is 25.9. The molecule has 0 fully saturated rings. The molecule has 238 valence electrons. The van der Waals surface area contributed by atoms with Crippen molar-refractivity contribution in [1.29, 1.82) is 0 Å². The molecule has 3 rings (SSSR count). The van der Waals surface area contributed by atoms with E-state index in [1.165, 1.54) is 35.7 Å². The first-order valence-electron chi connectivity index (χ1n) is 14.8. The minimum atomic E-state index is -0.273. The van der Waals surface area contributed by atoms with Crippen LogP contribution in [0.3, 0.4) is 0 Å². The van der Waals surface area contributed by atoms with E-state index >= 15 is 0 Å². The quantitative estimate of drug-likeness (QED) is 0.0819. The molecule has 1 atom stereocenters. The SMILES string of the molecule is COC(=O)CSNCCOCCNC(=O)CCCCN(Sc1cccc(Cl)c1C)C(C)c1cccc(-c2ccncc2C)c1. The average Bonchev–Trinajstić information content (AvgIpc) is 3.03. The number of methoxy groups -OCH3 is 1. The lowest BCUT2D eigenvalue weighted by molar-refractivity contribution is -0.137. The molecule has 2 aromatic carbocycles. The Morgan fingerprint density at radius 3 is 2.66 bits per heavy atom. The van der Waals surface area contributed by atoms with Crippen molar-refractivity contribution >= 4 is 47.4 Å². The van der Waals surface area contributed by atoms with Crippen molar-refractivity contribution in [2.75, 3.05) is 45.7 Å². The summed E-state index contributed by atoms with van der Waals surface area (Å²) >= 11 is 9.45. The fourth-order valence-electron chi connectivity index (χ4n) is 4.42. The molecule has 0 aliphatic rings. The molecule has 0 spiro atoms. The molecule has 1 aromatic heterocycles. The molecule has 8 nitrogen and oxygen atoms in total. The van der Waals surface area contributed by atoms with Crippen molar-refractivity contribution < 1.29 is 19.1 Å². The van der Waals surface area contributed by atoms with Crippen molar-refractivity contribution in [2.45, 2.75) is 51.0 Å². The van der Waals surface area contributed by atoms with E-state index in [1.807, 2.05) is 24.5 Å². The van der Waals surface area contributed by atoms with Gasteiger partial charge in [0.1, 0.15) is 5.75 Å². The fraction of sp³-hybridized carbons (Fsp3) is 0.424. The van der Waals surface area contributed by atoms with E-state index in [0.29, 0.717) is 32.7 Å². The lowest BCUT2D eigenvalue weighted by Gasteiger charge is -2.29. The van der Waals surface area contributed by atoms with Crippen LogP contribution in [0, 0.1) is 13.8 Å². The van der Waals surface area contributed by atoms with Crippen LogP contribution in [0.25, 0.3) is 11.1 Å². The standard InChI is InChI=1S/C33H43ClN4O4S2/c1-24-22-35-15-14-29(24)28-10-7-9-27(21-28)26(3)38(44-31-12-8-11-30(34)25(31)2)18-6-5-13-32(39)36-16-19-42-20-17-37-43-23-33(40)41-4/h7-12,14-15,21-22,26,37H,5-6,13,16-20,23H2,1-4H3,(H,36,39). The van der Waals surface area contributed by atoms with Crippen LogP contribution >= 0.6 is 35.5 Å². The largest absolute Gasteiger partial charge is 0.468 e. The zero-order valence-corrected chi connectivity index (χ0v) is 28.3. The first-order valence-corrected chi connectivity index (χ1v) is 16.9. The number of hydrogen-bond donors (Lipinski definition) is 2. The molecule has 0 saturated heterocycles. The van der Waals surface area contributed by atoms with Crippen LogP contribution < -0.4 is 10.0 Å². The number of nitrogens with one attached hydrogen (secondary N) is 2. The number of nitrogens with zero attached hydrogens (tertiary/aromatic N) is 2. The van der Waals surface area contributed by atoms with Crippen LogP contribution in [0.1, 0.15) is 48.9 Å². The number of carbonyl (C=O) groups is 2. The van der Waals surface area contributed by atoms with Crippen LogP contribution in [0.5, 0.6) is 0 Å². The molecule has 0 aliphatic heterocycles. The maximum absolute atomic E-state index is 12.4. The molecule has 2 N–H and O–H groups in total. The van der Waals surface area contributed by atoms with E-state index in [1.54, 1.807) is 11.9 Å². The summed E-state index contributed by atoms with van der Waals surface area (Å²) in [7, 11) is 1.37. The van der Waals surface area contributed by atoms with E-state index in [0.717, 1.165) is 40.4 Å². The summed E-state index contributed by atoms with van der Waals surface area (Å²) in [6.45, 7) is 9.18. The van der Waals surface area contributed by atoms with Crippen molar-refractivity contribution in [2.24, 2.45) is 0 Å². The molecule has 44 heavy (non-hydrogen) atoms. The second kappa shape index (κ2) is 19.7. The van der Waals surface area contributed by atoms with Gasteiger partial charge in [-0.15, -0.1) is 0 Å². The Hall–Kier alpha value is -2.60. The van der Waals surface area contributed by atoms with Crippen molar-refractivity contribution in [1.82, 2.24) is 19.3 Å². The normalized spacial score (nSPS) is 11.9. The third-order valence-electron chi connectivity index (χ3n) is 7.04. The van der Waals surface area contributed by atoms with Gasteiger partial charge in [-0.3, -0.25) is 19.3 Å². The van der Waals surface area contributed by atoms with Crippen LogP contribution in [-0.4, -0.2) is 66.9 Å². The van der Waals surface area contributed by atoms with Gasteiger partial charge in [0, 0.05) is 54.4 Å². The molecule has 0 saturated carbocycles. The van der Waals surface area contributed by atoms with E-state index in [9.17, 15) is 9.59 Å². The molecule has 0 bridgehead atoms. The van der Waals surface area contributed by atoms with Gasteiger partial charge in [0.2, 0.25) is 5.91 Å². The van der Waals surface area contributed by atoms with Gasteiger partial charge in [-0.05, 0) is 97.6 Å². The number of amides is 1. The van der Waals surface area contributed by atoms with Crippen LogP contribution in [0.4, 0.5) is 0 Å². The van der Waals surface area contributed by atoms with Crippen LogP contribution in [-0.2, 0) is 19.1 Å². The number of esters is 1. The Labute approximate surface area is 275 Å². The third kappa shape index (κ3) is 12.1.